The maximum absolute atomic E-state index is 12.7. The zero-order valence-corrected chi connectivity index (χ0v) is 13.4. The highest BCUT2D eigenvalue weighted by atomic mass is 79.9. The van der Waals surface area contributed by atoms with E-state index >= 15 is 0 Å². The third-order valence-corrected chi connectivity index (χ3v) is 5.05. The topological polar surface area (TPSA) is 20.3 Å². The fourth-order valence-corrected chi connectivity index (χ4v) is 3.45. The maximum atomic E-state index is 12.7. The molecule has 0 radical (unpaired) electrons. The van der Waals surface area contributed by atoms with Gasteiger partial charge in [0.15, 0.2) is 0 Å². The average Bonchev–Trinajstić information content (AvgIpc) is 3.30. The number of hydrogen-bond acceptors (Lipinski definition) is 1. The molecule has 2 saturated carbocycles. The molecule has 2 nitrogen and oxygen atoms in total. The number of benzene rings is 1. The minimum Gasteiger partial charge on any atom is -0.335 e. The summed E-state index contributed by atoms with van der Waals surface area (Å²) >= 11 is 3.43. The van der Waals surface area contributed by atoms with Crippen LogP contribution in [0, 0.1) is 5.92 Å². The van der Waals surface area contributed by atoms with Crippen LogP contribution in [-0.4, -0.2) is 23.4 Å². The van der Waals surface area contributed by atoms with Gasteiger partial charge in [-0.3, -0.25) is 4.79 Å². The molecule has 0 heterocycles. The standard InChI is InChI=1S/C17H22BrNO/c18-15-8-6-14(7-9-15)17(20)19(16-10-11-16)12-13-4-2-1-3-5-13/h6-9,13,16H,1-5,10-12H2. The van der Waals surface area contributed by atoms with Gasteiger partial charge in [-0.05, 0) is 55.9 Å². The van der Waals surface area contributed by atoms with Gasteiger partial charge in [-0.1, -0.05) is 35.2 Å². The SMILES string of the molecule is O=C(c1ccc(Br)cc1)N(CC1CCCCC1)C1CC1. The number of rotatable bonds is 4. The molecule has 1 aromatic rings. The number of halogens is 1. The van der Waals surface area contributed by atoms with Crippen LogP contribution in [0.2, 0.25) is 0 Å². The van der Waals surface area contributed by atoms with Gasteiger partial charge in [0.05, 0.1) is 0 Å². The molecular formula is C17H22BrNO. The molecule has 0 N–H and O–H groups in total. The van der Waals surface area contributed by atoms with E-state index in [1.165, 1.54) is 44.9 Å². The van der Waals surface area contributed by atoms with Crippen LogP contribution in [0.25, 0.3) is 0 Å². The minimum absolute atomic E-state index is 0.227. The molecule has 0 aromatic heterocycles. The van der Waals surface area contributed by atoms with E-state index in [2.05, 4.69) is 20.8 Å². The minimum atomic E-state index is 0.227. The lowest BCUT2D eigenvalue weighted by atomic mass is 9.89. The van der Waals surface area contributed by atoms with Crippen LogP contribution in [0.1, 0.15) is 55.3 Å². The summed E-state index contributed by atoms with van der Waals surface area (Å²) in [5.74, 6) is 0.953. The van der Waals surface area contributed by atoms with Crippen LogP contribution >= 0.6 is 15.9 Å². The largest absolute Gasteiger partial charge is 0.335 e. The fourth-order valence-electron chi connectivity index (χ4n) is 3.19. The monoisotopic (exact) mass is 335 g/mol. The van der Waals surface area contributed by atoms with Crippen molar-refractivity contribution in [3.05, 3.63) is 34.3 Å². The van der Waals surface area contributed by atoms with Crippen molar-refractivity contribution in [1.29, 1.82) is 0 Å². The molecule has 1 amide bonds. The van der Waals surface area contributed by atoms with E-state index in [-0.39, 0.29) is 5.91 Å². The molecule has 3 rings (SSSR count). The number of amides is 1. The van der Waals surface area contributed by atoms with Gasteiger partial charge in [0, 0.05) is 22.6 Å². The van der Waals surface area contributed by atoms with Crippen LogP contribution in [0.4, 0.5) is 0 Å². The van der Waals surface area contributed by atoms with Gasteiger partial charge in [0.2, 0.25) is 0 Å². The first-order valence-electron chi connectivity index (χ1n) is 7.80. The van der Waals surface area contributed by atoms with E-state index in [9.17, 15) is 4.79 Å². The molecule has 0 unspecified atom stereocenters. The van der Waals surface area contributed by atoms with Gasteiger partial charge in [-0.15, -0.1) is 0 Å². The molecule has 2 aliphatic rings. The average molecular weight is 336 g/mol. The second kappa shape index (κ2) is 6.30. The zero-order valence-electron chi connectivity index (χ0n) is 11.9. The van der Waals surface area contributed by atoms with Gasteiger partial charge in [0.1, 0.15) is 0 Å². The summed E-state index contributed by atoms with van der Waals surface area (Å²) in [7, 11) is 0. The second-order valence-electron chi connectivity index (χ2n) is 6.20. The Morgan fingerprint density at radius 1 is 1.05 bits per heavy atom. The first-order chi connectivity index (χ1) is 9.74. The highest BCUT2D eigenvalue weighted by Gasteiger charge is 2.34. The molecule has 0 atom stereocenters. The molecule has 0 aliphatic heterocycles. The van der Waals surface area contributed by atoms with Gasteiger partial charge in [-0.2, -0.15) is 0 Å². The smallest absolute Gasteiger partial charge is 0.254 e. The van der Waals surface area contributed by atoms with Crippen molar-refractivity contribution < 1.29 is 4.79 Å². The Labute approximate surface area is 129 Å². The Bertz CT molecular complexity index is 460. The Kier molecular flexibility index (Phi) is 4.45. The molecule has 1 aromatic carbocycles. The fraction of sp³-hybridized carbons (Fsp3) is 0.588. The van der Waals surface area contributed by atoms with E-state index < -0.39 is 0 Å². The summed E-state index contributed by atoms with van der Waals surface area (Å²) < 4.78 is 1.03. The summed E-state index contributed by atoms with van der Waals surface area (Å²) in [4.78, 5) is 14.9. The van der Waals surface area contributed by atoms with Crippen molar-refractivity contribution in [1.82, 2.24) is 4.90 Å². The number of carbonyl (C=O) groups excluding carboxylic acids is 1. The predicted octanol–water partition coefficient (Wildman–Crippen LogP) is 4.63. The van der Waals surface area contributed by atoms with E-state index in [1.807, 2.05) is 24.3 Å². The van der Waals surface area contributed by atoms with Gasteiger partial charge in [0.25, 0.3) is 5.91 Å². The predicted molar refractivity (Wildman–Crippen MR) is 84.8 cm³/mol. The van der Waals surface area contributed by atoms with Crippen molar-refractivity contribution in [3.63, 3.8) is 0 Å². The first kappa shape index (κ1) is 14.1. The van der Waals surface area contributed by atoms with Gasteiger partial charge < -0.3 is 4.90 Å². The molecule has 2 fully saturated rings. The summed E-state index contributed by atoms with van der Waals surface area (Å²) in [5.41, 5.74) is 0.830. The lowest BCUT2D eigenvalue weighted by molar-refractivity contribution is 0.0699. The van der Waals surface area contributed by atoms with Crippen LogP contribution < -0.4 is 0 Å². The Morgan fingerprint density at radius 2 is 1.70 bits per heavy atom. The molecule has 108 valence electrons. The third-order valence-electron chi connectivity index (χ3n) is 4.52. The van der Waals surface area contributed by atoms with Crippen molar-refractivity contribution in [2.45, 2.75) is 51.0 Å². The number of nitrogens with zero attached hydrogens (tertiary/aromatic N) is 1. The summed E-state index contributed by atoms with van der Waals surface area (Å²) in [6, 6.07) is 8.29. The van der Waals surface area contributed by atoms with E-state index in [0.29, 0.717) is 6.04 Å². The quantitative estimate of drug-likeness (QED) is 0.785. The summed E-state index contributed by atoms with van der Waals surface area (Å²) in [6.07, 6.45) is 9.05. The number of carbonyl (C=O) groups is 1. The van der Waals surface area contributed by atoms with Gasteiger partial charge >= 0.3 is 0 Å². The maximum Gasteiger partial charge on any atom is 0.254 e. The normalized spacial score (nSPS) is 19.9. The summed E-state index contributed by atoms with van der Waals surface area (Å²) in [6.45, 7) is 0.972. The van der Waals surface area contributed by atoms with Crippen molar-refractivity contribution in [2.24, 2.45) is 5.92 Å². The van der Waals surface area contributed by atoms with Crippen molar-refractivity contribution >= 4 is 21.8 Å². The molecule has 2 aliphatic carbocycles. The summed E-state index contributed by atoms with van der Waals surface area (Å²) in [5, 5.41) is 0. The van der Waals surface area contributed by atoms with Crippen molar-refractivity contribution in [2.75, 3.05) is 6.54 Å². The molecule has 3 heteroatoms. The first-order valence-corrected chi connectivity index (χ1v) is 8.60. The lowest BCUT2D eigenvalue weighted by Gasteiger charge is -2.30. The molecule has 0 bridgehead atoms. The van der Waals surface area contributed by atoms with Crippen LogP contribution in [0.15, 0.2) is 28.7 Å². The highest BCUT2D eigenvalue weighted by molar-refractivity contribution is 9.10. The van der Waals surface area contributed by atoms with E-state index in [0.717, 1.165) is 22.5 Å². The van der Waals surface area contributed by atoms with Crippen LogP contribution in [-0.2, 0) is 0 Å². The third kappa shape index (κ3) is 3.43. The van der Waals surface area contributed by atoms with E-state index in [4.69, 9.17) is 0 Å². The Morgan fingerprint density at radius 3 is 2.30 bits per heavy atom. The molecule has 0 saturated heterocycles. The van der Waals surface area contributed by atoms with E-state index in [1.54, 1.807) is 0 Å². The Balaban J connectivity index is 1.69. The van der Waals surface area contributed by atoms with Gasteiger partial charge in [-0.25, -0.2) is 0 Å². The number of hydrogen-bond donors (Lipinski definition) is 0. The zero-order chi connectivity index (χ0) is 13.9. The second-order valence-corrected chi connectivity index (χ2v) is 7.12. The molecule has 20 heavy (non-hydrogen) atoms. The Hall–Kier alpha value is -0.830. The van der Waals surface area contributed by atoms with Crippen molar-refractivity contribution in [3.8, 4) is 0 Å². The molecular weight excluding hydrogens is 314 g/mol. The lowest BCUT2D eigenvalue weighted by Crippen LogP contribution is -2.37. The van der Waals surface area contributed by atoms with Crippen LogP contribution in [0.3, 0.4) is 0 Å². The van der Waals surface area contributed by atoms with Crippen LogP contribution in [0.5, 0.6) is 0 Å². The molecule has 0 spiro atoms. The highest BCUT2D eigenvalue weighted by Crippen LogP contribution is 2.32.